The number of nitrogens with one attached hydrogen (secondary N) is 2. The number of carbonyl (C=O) groups excluding carboxylic acids is 1. The SMILES string of the molecule is CCOC(=O)NC(=S)Nc1cccc(OC)c1. The van der Waals surface area contributed by atoms with Crippen molar-refractivity contribution in [2.24, 2.45) is 0 Å². The van der Waals surface area contributed by atoms with Crippen LogP contribution in [0.3, 0.4) is 0 Å². The Labute approximate surface area is 105 Å². The minimum atomic E-state index is -0.576. The van der Waals surface area contributed by atoms with E-state index in [0.29, 0.717) is 12.4 Å². The molecule has 1 rings (SSSR count). The molecule has 0 atom stereocenters. The number of benzene rings is 1. The van der Waals surface area contributed by atoms with Crippen molar-refractivity contribution in [2.45, 2.75) is 6.92 Å². The zero-order chi connectivity index (χ0) is 12.7. The van der Waals surface area contributed by atoms with Gasteiger partial charge in [-0.3, -0.25) is 5.32 Å². The maximum Gasteiger partial charge on any atom is 0.413 e. The fraction of sp³-hybridized carbons (Fsp3) is 0.273. The predicted molar refractivity (Wildman–Crippen MR) is 69.4 cm³/mol. The number of thiocarbonyl (C=S) groups is 1. The van der Waals surface area contributed by atoms with Crippen LogP contribution in [0.5, 0.6) is 5.75 Å². The van der Waals surface area contributed by atoms with Crippen molar-refractivity contribution in [1.82, 2.24) is 5.32 Å². The average molecular weight is 254 g/mol. The van der Waals surface area contributed by atoms with Crippen LogP contribution in [-0.2, 0) is 4.74 Å². The van der Waals surface area contributed by atoms with Gasteiger partial charge in [-0.05, 0) is 31.3 Å². The van der Waals surface area contributed by atoms with Gasteiger partial charge in [0.05, 0.1) is 13.7 Å². The third kappa shape index (κ3) is 4.69. The molecule has 0 unspecified atom stereocenters. The molecule has 1 amide bonds. The summed E-state index contributed by atoms with van der Waals surface area (Å²) in [5.41, 5.74) is 0.728. The summed E-state index contributed by atoms with van der Waals surface area (Å²) in [6.07, 6.45) is -0.576. The van der Waals surface area contributed by atoms with Gasteiger partial charge in [-0.1, -0.05) is 6.07 Å². The van der Waals surface area contributed by atoms with Gasteiger partial charge in [0, 0.05) is 11.8 Å². The number of hydrogen-bond acceptors (Lipinski definition) is 4. The summed E-state index contributed by atoms with van der Waals surface area (Å²) in [6.45, 7) is 2.02. The van der Waals surface area contributed by atoms with E-state index in [-0.39, 0.29) is 5.11 Å². The Morgan fingerprint density at radius 3 is 2.88 bits per heavy atom. The highest BCUT2D eigenvalue weighted by Gasteiger charge is 2.04. The first-order valence-corrected chi connectivity index (χ1v) is 5.45. The third-order valence-corrected chi connectivity index (χ3v) is 2.02. The Morgan fingerprint density at radius 2 is 2.24 bits per heavy atom. The summed E-state index contributed by atoms with van der Waals surface area (Å²) in [7, 11) is 1.58. The summed E-state index contributed by atoms with van der Waals surface area (Å²) in [4.78, 5) is 11.1. The summed E-state index contributed by atoms with van der Waals surface area (Å²) < 4.78 is 9.75. The Kier molecular flexibility index (Phi) is 5.22. The summed E-state index contributed by atoms with van der Waals surface area (Å²) in [6, 6.07) is 7.20. The van der Waals surface area contributed by atoms with E-state index < -0.39 is 6.09 Å². The number of methoxy groups -OCH3 is 1. The van der Waals surface area contributed by atoms with Gasteiger partial charge in [-0.15, -0.1) is 0 Å². The van der Waals surface area contributed by atoms with Crippen molar-refractivity contribution in [3.8, 4) is 5.75 Å². The minimum absolute atomic E-state index is 0.178. The highest BCUT2D eigenvalue weighted by atomic mass is 32.1. The largest absolute Gasteiger partial charge is 0.497 e. The second kappa shape index (κ2) is 6.70. The van der Waals surface area contributed by atoms with Gasteiger partial charge in [-0.25, -0.2) is 4.79 Å². The Bertz CT molecular complexity index is 409. The van der Waals surface area contributed by atoms with Crippen LogP contribution >= 0.6 is 12.2 Å². The van der Waals surface area contributed by atoms with Gasteiger partial charge in [0.15, 0.2) is 5.11 Å². The van der Waals surface area contributed by atoms with Crippen molar-refractivity contribution in [3.05, 3.63) is 24.3 Å². The monoisotopic (exact) mass is 254 g/mol. The van der Waals surface area contributed by atoms with Crippen LogP contribution in [0, 0.1) is 0 Å². The van der Waals surface area contributed by atoms with E-state index >= 15 is 0 Å². The van der Waals surface area contributed by atoms with Crippen LogP contribution in [0.4, 0.5) is 10.5 Å². The van der Waals surface area contributed by atoms with Crippen molar-refractivity contribution in [1.29, 1.82) is 0 Å². The van der Waals surface area contributed by atoms with Crippen molar-refractivity contribution in [3.63, 3.8) is 0 Å². The second-order valence-corrected chi connectivity index (χ2v) is 3.44. The fourth-order valence-corrected chi connectivity index (χ4v) is 1.32. The Hall–Kier alpha value is -1.82. The highest BCUT2D eigenvalue weighted by molar-refractivity contribution is 7.80. The van der Waals surface area contributed by atoms with Crippen molar-refractivity contribution >= 4 is 29.1 Å². The van der Waals surface area contributed by atoms with E-state index in [9.17, 15) is 4.79 Å². The quantitative estimate of drug-likeness (QED) is 0.809. The molecule has 1 aromatic carbocycles. The fourth-order valence-electron chi connectivity index (χ4n) is 1.12. The lowest BCUT2D eigenvalue weighted by Crippen LogP contribution is -2.34. The van der Waals surface area contributed by atoms with Crippen LogP contribution in [0.25, 0.3) is 0 Å². The van der Waals surface area contributed by atoms with Crippen LogP contribution in [0.15, 0.2) is 24.3 Å². The second-order valence-electron chi connectivity index (χ2n) is 3.03. The van der Waals surface area contributed by atoms with Gasteiger partial charge in [-0.2, -0.15) is 0 Å². The molecule has 0 aliphatic carbocycles. The molecule has 0 radical (unpaired) electrons. The molecule has 17 heavy (non-hydrogen) atoms. The standard InChI is InChI=1S/C11H14N2O3S/c1-3-16-11(14)13-10(17)12-8-5-4-6-9(7-8)15-2/h4-7H,3H2,1-2H3,(H2,12,13,14,17). The predicted octanol–water partition coefficient (Wildman–Crippen LogP) is 2.14. The molecular weight excluding hydrogens is 240 g/mol. The molecule has 0 saturated heterocycles. The van der Waals surface area contributed by atoms with Crippen molar-refractivity contribution < 1.29 is 14.3 Å². The van der Waals surface area contributed by atoms with Crippen molar-refractivity contribution in [2.75, 3.05) is 19.0 Å². The molecular formula is C11H14N2O3S. The summed E-state index contributed by atoms with van der Waals surface area (Å²) in [5.74, 6) is 0.703. The van der Waals surface area contributed by atoms with E-state index in [1.54, 1.807) is 20.1 Å². The lowest BCUT2D eigenvalue weighted by atomic mass is 10.3. The highest BCUT2D eigenvalue weighted by Crippen LogP contribution is 2.16. The topological polar surface area (TPSA) is 59.6 Å². The molecule has 6 heteroatoms. The third-order valence-electron chi connectivity index (χ3n) is 1.82. The lowest BCUT2D eigenvalue weighted by molar-refractivity contribution is 0.158. The van der Waals surface area contributed by atoms with Crippen LogP contribution in [-0.4, -0.2) is 24.9 Å². The Morgan fingerprint density at radius 1 is 1.47 bits per heavy atom. The molecule has 0 aliphatic heterocycles. The average Bonchev–Trinajstić information content (AvgIpc) is 2.29. The van der Waals surface area contributed by atoms with E-state index in [1.807, 2.05) is 18.2 Å². The van der Waals surface area contributed by atoms with Gasteiger partial charge in [0.25, 0.3) is 0 Å². The summed E-state index contributed by atoms with van der Waals surface area (Å²) in [5, 5.41) is 5.41. The number of rotatable bonds is 3. The number of anilines is 1. The summed E-state index contributed by atoms with van der Waals surface area (Å²) >= 11 is 4.94. The van der Waals surface area contributed by atoms with E-state index in [1.165, 1.54) is 0 Å². The molecule has 0 bridgehead atoms. The zero-order valence-electron chi connectivity index (χ0n) is 9.65. The smallest absolute Gasteiger partial charge is 0.413 e. The molecule has 1 aromatic rings. The normalized spacial score (nSPS) is 9.29. The van der Waals surface area contributed by atoms with E-state index in [4.69, 9.17) is 21.7 Å². The number of alkyl carbamates (subject to hydrolysis) is 1. The van der Waals surface area contributed by atoms with Crippen LogP contribution in [0.1, 0.15) is 6.92 Å². The van der Waals surface area contributed by atoms with Gasteiger partial charge in [0.2, 0.25) is 0 Å². The molecule has 0 fully saturated rings. The molecule has 0 saturated carbocycles. The lowest BCUT2D eigenvalue weighted by Gasteiger charge is -2.10. The maximum absolute atomic E-state index is 11.1. The number of hydrogen-bond donors (Lipinski definition) is 2. The molecule has 0 aromatic heterocycles. The molecule has 0 spiro atoms. The molecule has 2 N–H and O–H groups in total. The molecule has 0 heterocycles. The Balaban J connectivity index is 2.52. The first-order chi connectivity index (χ1) is 8.15. The molecule has 0 aliphatic rings. The van der Waals surface area contributed by atoms with Gasteiger partial charge < -0.3 is 14.8 Å². The number of amides is 1. The molecule has 5 nitrogen and oxygen atoms in total. The first kappa shape index (κ1) is 13.2. The zero-order valence-corrected chi connectivity index (χ0v) is 10.5. The molecule has 92 valence electrons. The van der Waals surface area contributed by atoms with E-state index in [0.717, 1.165) is 5.69 Å². The van der Waals surface area contributed by atoms with Gasteiger partial charge >= 0.3 is 6.09 Å². The van der Waals surface area contributed by atoms with Crippen LogP contribution < -0.4 is 15.4 Å². The first-order valence-electron chi connectivity index (χ1n) is 5.04. The maximum atomic E-state index is 11.1. The number of carbonyl (C=O) groups is 1. The van der Waals surface area contributed by atoms with Crippen LogP contribution in [0.2, 0.25) is 0 Å². The number of ether oxygens (including phenoxy) is 2. The van der Waals surface area contributed by atoms with E-state index in [2.05, 4.69) is 10.6 Å². The van der Waals surface area contributed by atoms with Gasteiger partial charge in [0.1, 0.15) is 5.75 Å². The minimum Gasteiger partial charge on any atom is -0.497 e.